The summed E-state index contributed by atoms with van der Waals surface area (Å²) in [6.07, 6.45) is 5.05. The van der Waals surface area contributed by atoms with Crippen molar-refractivity contribution >= 4 is 5.82 Å². The molecule has 0 radical (unpaired) electrons. The van der Waals surface area contributed by atoms with E-state index in [4.69, 9.17) is 0 Å². The van der Waals surface area contributed by atoms with Crippen LogP contribution in [0.1, 0.15) is 45.2 Å². The Morgan fingerprint density at radius 1 is 1.28 bits per heavy atom. The Labute approximate surface area is 110 Å². The Bertz CT molecular complexity index is 345. The van der Waals surface area contributed by atoms with Crippen LogP contribution < -0.4 is 10.2 Å². The lowest BCUT2D eigenvalue weighted by Gasteiger charge is -2.21. The minimum absolute atomic E-state index is 0.725. The van der Waals surface area contributed by atoms with Crippen LogP contribution in [0.15, 0.2) is 12.1 Å². The number of nitrogens with one attached hydrogen (secondary N) is 1. The average molecular weight is 248 g/mol. The molecule has 1 aliphatic carbocycles. The van der Waals surface area contributed by atoms with Crippen molar-refractivity contribution in [3.8, 4) is 0 Å². The van der Waals surface area contributed by atoms with Crippen molar-refractivity contribution in [3.05, 3.63) is 17.8 Å². The van der Waals surface area contributed by atoms with Crippen molar-refractivity contribution in [1.29, 1.82) is 0 Å². The van der Waals surface area contributed by atoms with Crippen LogP contribution in [0.3, 0.4) is 0 Å². The van der Waals surface area contributed by atoms with Crippen LogP contribution in [0, 0.1) is 0 Å². The molecule has 0 aromatic carbocycles. The molecule has 0 unspecified atom stereocenters. The number of aromatic nitrogens is 2. The van der Waals surface area contributed by atoms with E-state index in [-0.39, 0.29) is 0 Å². The molecule has 100 valence electrons. The Kier molecular flexibility index (Phi) is 4.93. The van der Waals surface area contributed by atoms with Crippen LogP contribution >= 0.6 is 0 Å². The molecule has 1 aromatic rings. The summed E-state index contributed by atoms with van der Waals surface area (Å²) < 4.78 is 0. The average Bonchev–Trinajstić information content (AvgIpc) is 3.23. The van der Waals surface area contributed by atoms with Gasteiger partial charge in [0.2, 0.25) is 0 Å². The van der Waals surface area contributed by atoms with Gasteiger partial charge in [-0.15, -0.1) is 5.10 Å². The molecule has 0 bridgehead atoms. The highest BCUT2D eigenvalue weighted by Gasteiger charge is 2.20. The summed E-state index contributed by atoms with van der Waals surface area (Å²) in [5.74, 6) is 1.00. The summed E-state index contributed by atoms with van der Waals surface area (Å²) in [6, 6.07) is 4.91. The first kappa shape index (κ1) is 13.3. The van der Waals surface area contributed by atoms with E-state index in [0.29, 0.717) is 0 Å². The van der Waals surface area contributed by atoms with Gasteiger partial charge in [-0.05, 0) is 38.3 Å². The van der Waals surface area contributed by atoms with Gasteiger partial charge in [-0.2, -0.15) is 5.10 Å². The number of nitrogens with zero attached hydrogens (tertiary/aromatic N) is 3. The van der Waals surface area contributed by atoms with E-state index in [0.717, 1.165) is 37.2 Å². The molecule has 1 N–H and O–H groups in total. The summed E-state index contributed by atoms with van der Waals surface area (Å²) in [7, 11) is 0. The molecule has 0 saturated heterocycles. The first-order chi connectivity index (χ1) is 8.83. The standard InChI is InChI=1S/C14H24N4/c1-3-5-10-18(4-2)14-9-8-13(16-17-14)11-15-12-6-7-12/h8-9,12,15H,3-7,10-11H2,1-2H3. The summed E-state index contributed by atoms with van der Waals surface area (Å²) in [5.41, 5.74) is 1.04. The maximum atomic E-state index is 4.34. The molecular formula is C14H24N4. The van der Waals surface area contributed by atoms with Gasteiger partial charge in [-0.1, -0.05) is 13.3 Å². The number of anilines is 1. The van der Waals surface area contributed by atoms with Crippen molar-refractivity contribution < 1.29 is 0 Å². The van der Waals surface area contributed by atoms with E-state index >= 15 is 0 Å². The Morgan fingerprint density at radius 2 is 2.11 bits per heavy atom. The molecular weight excluding hydrogens is 224 g/mol. The second kappa shape index (κ2) is 6.69. The van der Waals surface area contributed by atoms with Gasteiger partial charge in [0, 0.05) is 25.7 Å². The summed E-state index contributed by atoms with van der Waals surface area (Å²) in [6.45, 7) is 7.29. The van der Waals surface area contributed by atoms with Gasteiger partial charge in [0.15, 0.2) is 5.82 Å². The van der Waals surface area contributed by atoms with E-state index in [2.05, 4.69) is 46.4 Å². The Morgan fingerprint density at radius 3 is 2.67 bits per heavy atom. The lowest BCUT2D eigenvalue weighted by Crippen LogP contribution is -2.25. The van der Waals surface area contributed by atoms with Crippen LogP contribution in [0.4, 0.5) is 5.82 Å². The lowest BCUT2D eigenvalue weighted by atomic mass is 10.3. The first-order valence-corrected chi connectivity index (χ1v) is 7.14. The SMILES string of the molecule is CCCCN(CC)c1ccc(CNC2CC2)nn1. The maximum absolute atomic E-state index is 4.34. The molecule has 1 saturated carbocycles. The van der Waals surface area contributed by atoms with Crippen molar-refractivity contribution in [2.45, 2.75) is 52.1 Å². The molecule has 1 aromatic heterocycles. The van der Waals surface area contributed by atoms with Crippen molar-refractivity contribution in [2.75, 3.05) is 18.0 Å². The zero-order chi connectivity index (χ0) is 12.8. The maximum Gasteiger partial charge on any atom is 0.151 e. The second-order valence-corrected chi connectivity index (χ2v) is 4.97. The zero-order valence-electron chi connectivity index (χ0n) is 11.5. The molecule has 4 heteroatoms. The third-order valence-electron chi connectivity index (χ3n) is 3.34. The molecule has 0 spiro atoms. The Balaban J connectivity index is 1.87. The van der Waals surface area contributed by atoms with Gasteiger partial charge >= 0.3 is 0 Å². The third kappa shape index (κ3) is 3.95. The topological polar surface area (TPSA) is 41.0 Å². The number of hydrogen-bond acceptors (Lipinski definition) is 4. The summed E-state index contributed by atoms with van der Waals surface area (Å²) >= 11 is 0. The summed E-state index contributed by atoms with van der Waals surface area (Å²) in [4.78, 5) is 2.29. The monoisotopic (exact) mass is 248 g/mol. The second-order valence-electron chi connectivity index (χ2n) is 4.97. The number of unbranched alkanes of at least 4 members (excludes halogenated alkanes) is 1. The summed E-state index contributed by atoms with van der Waals surface area (Å²) in [5, 5.41) is 12.1. The molecule has 18 heavy (non-hydrogen) atoms. The van der Waals surface area contributed by atoms with Gasteiger partial charge in [0.05, 0.1) is 5.69 Å². The van der Waals surface area contributed by atoms with E-state index in [1.807, 2.05) is 0 Å². The van der Waals surface area contributed by atoms with E-state index in [1.54, 1.807) is 0 Å². The lowest BCUT2D eigenvalue weighted by molar-refractivity contribution is 0.660. The fourth-order valence-electron chi connectivity index (χ4n) is 1.94. The molecule has 0 aliphatic heterocycles. The highest BCUT2D eigenvalue weighted by atomic mass is 15.3. The predicted molar refractivity (Wildman–Crippen MR) is 74.7 cm³/mol. The van der Waals surface area contributed by atoms with Crippen molar-refractivity contribution in [2.24, 2.45) is 0 Å². The minimum Gasteiger partial charge on any atom is -0.355 e. The largest absolute Gasteiger partial charge is 0.355 e. The van der Waals surface area contributed by atoms with E-state index in [1.165, 1.54) is 25.7 Å². The highest BCUT2D eigenvalue weighted by Crippen LogP contribution is 2.19. The quantitative estimate of drug-likeness (QED) is 0.767. The molecule has 2 rings (SSSR count). The third-order valence-corrected chi connectivity index (χ3v) is 3.34. The normalized spacial score (nSPS) is 14.8. The van der Waals surface area contributed by atoms with Gasteiger partial charge < -0.3 is 10.2 Å². The van der Waals surface area contributed by atoms with Crippen molar-refractivity contribution in [1.82, 2.24) is 15.5 Å². The first-order valence-electron chi connectivity index (χ1n) is 7.14. The molecule has 1 heterocycles. The molecule has 4 nitrogen and oxygen atoms in total. The molecule has 1 fully saturated rings. The number of rotatable bonds is 8. The van der Waals surface area contributed by atoms with Crippen molar-refractivity contribution in [3.63, 3.8) is 0 Å². The van der Waals surface area contributed by atoms with Crippen LogP contribution in [-0.2, 0) is 6.54 Å². The fourth-order valence-corrected chi connectivity index (χ4v) is 1.94. The number of hydrogen-bond donors (Lipinski definition) is 1. The van der Waals surface area contributed by atoms with Crippen LogP contribution in [0.5, 0.6) is 0 Å². The van der Waals surface area contributed by atoms with Crippen LogP contribution in [0.2, 0.25) is 0 Å². The zero-order valence-corrected chi connectivity index (χ0v) is 11.5. The van der Waals surface area contributed by atoms with Gasteiger partial charge in [0.1, 0.15) is 0 Å². The predicted octanol–water partition coefficient (Wildman–Crippen LogP) is 2.36. The van der Waals surface area contributed by atoms with Gasteiger partial charge in [-0.25, -0.2) is 0 Å². The molecule has 1 aliphatic rings. The smallest absolute Gasteiger partial charge is 0.151 e. The van der Waals surface area contributed by atoms with E-state index in [9.17, 15) is 0 Å². The molecule has 0 amide bonds. The highest BCUT2D eigenvalue weighted by molar-refractivity contribution is 5.36. The van der Waals surface area contributed by atoms with Gasteiger partial charge in [0.25, 0.3) is 0 Å². The minimum atomic E-state index is 0.725. The van der Waals surface area contributed by atoms with Crippen LogP contribution in [0.25, 0.3) is 0 Å². The van der Waals surface area contributed by atoms with Gasteiger partial charge in [-0.3, -0.25) is 0 Å². The fraction of sp³-hybridized carbons (Fsp3) is 0.714. The Hall–Kier alpha value is -1.16. The van der Waals surface area contributed by atoms with E-state index < -0.39 is 0 Å². The molecule has 0 atom stereocenters. The van der Waals surface area contributed by atoms with Crippen LogP contribution in [-0.4, -0.2) is 29.3 Å².